The fourth-order valence-electron chi connectivity index (χ4n) is 0.668. The highest BCUT2D eigenvalue weighted by molar-refractivity contribution is 7.92. The van der Waals surface area contributed by atoms with Crippen LogP contribution >= 0.6 is 11.3 Å². The molecule has 0 saturated carbocycles. The van der Waals surface area contributed by atoms with Crippen molar-refractivity contribution in [3.63, 3.8) is 0 Å². The summed E-state index contributed by atoms with van der Waals surface area (Å²) in [6, 6.07) is 0. The number of hydrogen-bond acceptors (Lipinski definition) is 5. The van der Waals surface area contributed by atoms with Gasteiger partial charge < -0.3 is 0 Å². The molecular formula is C6H11N3O2S2. The van der Waals surface area contributed by atoms with E-state index in [9.17, 15) is 8.42 Å². The topological polar surface area (TPSA) is 72.0 Å². The van der Waals surface area contributed by atoms with E-state index in [4.69, 9.17) is 0 Å². The van der Waals surface area contributed by atoms with Crippen LogP contribution in [-0.2, 0) is 10.0 Å². The third-order valence-electron chi connectivity index (χ3n) is 1.21. The highest BCUT2D eigenvalue weighted by Gasteiger charge is 2.10. The third kappa shape index (κ3) is 3.27. The molecule has 74 valence electrons. The summed E-state index contributed by atoms with van der Waals surface area (Å²) in [6.45, 7) is 3.95. The summed E-state index contributed by atoms with van der Waals surface area (Å²) in [4.78, 5) is 0. The number of sulfonamides is 1. The molecule has 13 heavy (non-hydrogen) atoms. The van der Waals surface area contributed by atoms with Crippen molar-refractivity contribution >= 4 is 26.5 Å². The van der Waals surface area contributed by atoms with Gasteiger partial charge >= 0.3 is 0 Å². The Bertz CT molecular complexity index is 382. The van der Waals surface area contributed by atoms with Crippen LogP contribution in [0.25, 0.3) is 0 Å². The van der Waals surface area contributed by atoms with Crippen molar-refractivity contribution in [2.24, 2.45) is 0 Å². The number of hydrogen-bond donors (Lipinski definition) is 1. The monoisotopic (exact) mass is 221 g/mol. The third-order valence-corrected chi connectivity index (χ3v) is 3.04. The van der Waals surface area contributed by atoms with Crippen molar-refractivity contribution in [3.8, 4) is 0 Å². The predicted octanol–water partition coefficient (Wildman–Crippen LogP) is 1.03. The van der Waals surface area contributed by atoms with E-state index in [1.165, 1.54) is 11.3 Å². The first-order chi connectivity index (χ1) is 5.88. The maximum atomic E-state index is 10.8. The largest absolute Gasteiger partial charge is 0.257 e. The lowest BCUT2D eigenvalue weighted by Crippen LogP contribution is -2.08. The van der Waals surface area contributed by atoms with Gasteiger partial charge in [-0.25, -0.2) is 8.42 Å². The Morgan fingerprint density at radius 3 is 2.38 bits per heavy atom. The summed E-state index contributed by atoms with van der Waals surface area (Å²) in [5.74, 6) is 0.271. The SMILES string of the molecule is CC(C)c1nnc(NS(C)(=O)=O)s1. The van der Waals surface area contributed by atoms with Crippen LogP contribution in [0.4, 0.5) is 5.13 Å². The molecule has 1 aromatic heterocycles. The Morgan fingerprint density at radius 1 is 1.38 bits per heavy atom. The van der Waals surface area contributed by atoms with Crippen LogP contribution in [0.3, 0.4) is 0 Å². The summed E-state index contributed by atoms with van der Waals surface area (Å²) in [5, 5.41) is 8.69. The molecule has 0 bridgehead atoms. The van der Waals surface area contributed by atoms with Gasteiger partial charge in [-0.3, -0.25) is 4.72 Å². The van der Waals surface area contributed by atoms with Crippen LogP contribution in [0, 0.1) is 0 Å². The lowest BCUT2D eigenvalue weighted by molar-refractivity contribution is 0.606. The minimum Gasteiger partial charge on any atom is -0.257 e. The number of nitrogens with zero attached hydrogens (tertiary/aromatic N) is 2. The van der Waals surface area contributed by atoms with Gasteiger partial charge in [-0.2, -0.15) is 0 Å². The normalized spacial score (nSPS) is 12.0. The van der Waals surface area contributed by atoms with Crippen molar-refractivity contribution < 1.29 is 8.42 Å². The van der Waals surface area contributed by atoms with Crippen LogP contribution in [0.2, 0.25) is 0 Å². The molecular weight excluding hydrogens is 210 g/mol. The molecule has 1 N–H and O–H groups in total. The summed E-state index contributed by atoms with van der Waals surface area (Å²) >= 11 is 1.26. The molecule has 1 aromatic rings. The van der Waals surface area contributed by atoms with Gasteiger partial charge in [0.05, 0.1) is 6.26 Å². The average Bonchev–Trinajstić information content (AvgIpc) is 2.31. The summed E-state index contributed by atoms with van der Waals surface area (Å²) in [7, 11) is -3.23. The number of nitrogens with one attached hydrogen (secondary N) is 1. The Labute approximate surface area is 81.2 Å². The van der Waals surface area contributed by atoms with Crippen molar-refractivity contribution in [2.45, 2.75) is 19.8 Å². The van der Waals surface area contributed by atoms with Crippen LogP contribution in [0.1, 0.15) is 24.8 Å². The maximum Gasteiger partial charge on any atom is 0.231 e. The van der Waals surface area contributed by atoms with Gasteiger partial charge in [0.1, 0.15) is 5.01 Å². The Morgan fingerprint density at radius 2 is 2.00 bits per heavy atom. The van der Waals surface area contributed by atoms with Gasteiger partial charge in [-0.1, -0.05) is 25.2 Å². The highest BCUT2D eigenvalue weighted by Crippen LogP contribution is 2.22. The van der Waals surface area contributed by atoms with Gasteiger partial charge in [-0.05, 0) is 0 Å². The second kappa shape index (κ2) is 3.59. The van der Waals surface area contributed by atoms with E-state index in [2.05, 4.69) is 14.9 Å². The van der Waals surface area contributed by atoms with Gasteiger partial charge in [0.15, 0.2) is 0 Å². The molecule has 0 unspecified atom stereocenters. The molecule has 0 spiro atoms. The summed E-state index contributed by atoms with van der Waals surface area (Å²) < 4.78 is 23.9. The molecule has 0 aliphatic rings. The Hall–Kier alpha value is -0.690. The summed E-state index contributed by atoms with van der Waals surface area (Å²) in [6.07, 6.45) is 1.09. The van der Waals surface area contributed by atoms with Gasteiger partial charge in [0.25, 0.3) is 0 Å². The number of aromatic nitrogens is 2. The first kappa shape index (κ1) is 10.4. The lowest BCUT2D eigenvalue weighted by atomic mass is 10.2. The highest BCUT2D eigenvalue weighted by atomic mass is 32.2. The van der Waals surface area contributed by atoms with Crippen molar-refractivity contribution in [2.75, 3.05) is 11.0 Å². The molecule has 0 aliphatic heterocycles. The first-order valence-electron chi connectivity index (χ1n) is 3.69. The molecule has 0 radical (unpaired) electrons. The minimum atomic E-state index is -3.23. The van der Waals surface area contributed by atoms with Gasteiger partial charge in [0.2, 0.25) is 15.2 Å². The van der Waals surface area contributed by atoms with Crippen LogP contribution in [-0.4, -0.2) is 24.9 Å². The van der Waals surface area contributed by atoms with E-state index < -0.39 is 10.0 Å². The maximum absolute atomic E-state index is 10.8. The molecule has 1 rings (SSSR count). The quantitative estimate of drug-likeness (QED) is 0.827. The smallest absolute Gasteiger partial charge is 0.231 e. The standard InChI is InChI=1S/C6H11N3O2S2/c1-4(2)5-7-8-6(12-5)9-13(3,10)11/h4H,1-3H3,(H,8,9). The lowest BCUT2D eigenvalue weighted by Gasteiger charge is -1.96. The molecule has 5 nitrogen and oxygen atoms in total. The van der Waals surface area contributed by atoms with Crippen molar-refractivity contribution in [1.29, 1.82) is 0 Å². The van der Waals surface area contributed by atoms with Crippen LogP contribution in [0.5, 0.6) is 0 Å². The van der Waals surface area contributed by atoms with Crippen LogP contribution in [0.15, 0.2) is 0 Å². The average molecular weight is 221 g/mol. The van der Waals surface area contributed by atoms with Gasteiger partial charge in [0, 0.05) is 5.92 Å². The molecule has 7 heteroatoms. The van der Waals surface area contributed by atoms with E-state index >= 15 is 0 Å². The summed E-state index contributed by atoms with van der Waals surface area (Å²) in [5.41, 5.74) is 0. The van der Waals surface area contributed by atoms with Gasteiger partial charge in [-0.15, -0.1) is 10.2 Å². The molecule has 0 amide bonds. The second-order valence-corrected chi connectivity index (χ2v) is 5.73. The Balaban J connectivity index is 2.81. The molecule has 0 atom stereocenters. The molecule has 0 fully saturated rings. The second-order valence-electron chi connectivity index (χ2n) is 2.97. The Kier molecular flexibility index (Phi) is 2.87. The molecule has 0 aliphatic carbocycles. The fraction of sp³-hybridized carbons (Fsp3) is 0.667. The zero-order chi connectivity index (χ0) is 10.1. The molecule has 1 heterocycles. The first-order valence-corrected chi connectivity index (χ1v) is 6.40. The molecule has 0 saturated heterocycles. The van der Waals surface area contributed by atoms with E-state index in [0.29, 0.717) is 5.13 Å². The van der Waals surface area contributed by atoms with E-state index in [-0.39, 0.29) is 5.92 Å². The zero-order valence-electron chi connectivity index (χ0n) is 7.60. The number of anilines is 1. The van der Waals surface area contributed by atoms with E-state index in [0.717, 1.165) is 11.3 Å². The van der Waals surface area contributed by atoms with Crippen molar-refractivity contribution in [3.05, 3.63) is 5.01 Å². The molecule has 0 aromatic carbocycles. The fourth-order valence-corrected chi connectivity index (χ4v) is 2.24. The van der Waals surface area contributed by atoms with Crippen LogP contribution < -0.4 is 4.72 Å². The van der Waals surface area contributed by atoms with E-state index in [1.54, 1.807) is 0 Å². The minimum absolute atomic E-state index is 0.271. The van der Waals surface area contributed by atoms with E-state index in [1.807, 2.05) is 13.8 Å². The number of rotatable bonds is 3. The predicted molar refractivity (Wildman–Crippen MR) is 52.5 cm³/mol. The van der Waals surface area contributed by atoms with Crippen molar-refractivity contribution in [1.82, 2.24) is 10.2 Å². The zero-order valence-corrected chi connectivity index (χ0v) is 9.24.